The van der Waals surface area contributed by atoms with Crippen LogP contribution in [-0.4, -0.2) is 130 Å². The number of allylic oxidation sites excluding steroid dienone is 1. The molecule has 8 aliphatic rings. The molecule has 3 aliphatic carbocycles. The van der Waals surface area contributed by atoms with Gasteiger partial charge in [0.1, 0.15) is 28.3 Å². The minimum absolute atomic E-state index is 0.126. The summed E-state index contributed by atoms with van der Waals surface area (Å²) in [5, 5.41) is 58.9. The summed E-state index contributed by atoms with van der Waals surface area (Å²) in [6, 6.07) is 0. The van der Waals surface area contributed by atoms with Crippen molar-refractivity contribution >= 4 is 17.9 Å². The molecule has 5 N–H and O–H groups in total. The summed E-state index contributed by atoms with van der Waals surface area (Å²) in [4.78, 5) is 40.1. The Balaban J connectivity index is 1.34. The van der Waals surface area contributed by atoms with Crippen LogP contribution in [-0.2, 0) is 47.5 Å². The molecule has 5 saturated heterocycles. The summed E-state index contributed by atoms with van der Waals surface area (Å²) < 4.78 is 42.4. The van der Waals surface area contributed by atoms with Crippen molar-refractivity contribution in [3.05, 3.63) is 11.6 Å². The van der Waals surface area contributed by atoms with Crippen molar-refractivity contribution < 1.29 is 73.1 Å². The molecule has 3 saturated carbocycles. The summed E-state index contributed by atoms with van der Waals surface area (Å²) in [6.45, 7) is 5.86. The van der Waals surface area contributed by atoms with Gasteiger partial charge in [0.05, 0.1) is 44.7 Å². The number of carboxylic acid groups (broad SMARTS) is 1. The van der Waals surface area contributed by atoms with E-state index < -0.39 is 125 Å². The smallest absolute Gasteiger partial charge is 0.335 e. The Morgan fingerprint density at radius 3 is 2.38 bits per heavy atom. The number of carbonyl (C=O) groups excluding carboxylic acids is 2. The number of carboxylic acids is 1. The van der Waals surface area contributed by atoms with Crippen LogP contribution in [0.25, 0.3) is 0 Å². The van der Waals surface area contributed by atoms with E-state index in [2.05, 4.69) is 0 Å². The van der Waals surface area contributed by atoms with Crippen LogP contribution in [0.2, 0.25) is 0 Å². The fraction of sp³-hybridized carbons (Fsp3) is 0.844. The van der Waals surface area contributed by atoms with Gasteiger partial charge in [0, 0.05) is 47.0 Å². The van der Waals surface area contributed by atoms with Crippen molar-refractivity contribution in [1.82, 2.24) is 0 Å². The van der Waals surface area contributed by atoms with Crippen molar-refractivity contribution in [2.45, 2.75) is 113 Å². The number of fused-ring (bicyclic) bond motifs is 11. The molecule has 47 heavy (non-hydrogen) atoms. The van der Waals surface area contributed by atoms with E-state index in [4.69, 9.17) is 33.2 Å². The van der Waals surface area contributed by atoms with Gasteiger partial charge in [-0.05, 0) is 27.2 Å². The second-order valence-corrected chi connectivity index (χ2v) is 15.3. The Morgan fingerprint density at radius 2 is 1.72 bits per heavy atom. The molecule has 15 nitrogen and oxygen atoms in total. The van der Waals surface area contributed by atoms with Gasteiger partial charge in [-0.25, -0.2) is 9.59 Å². The monoisotopic (exact) mass is 666 g/mol. The molecule has 0 aromatic rings. The average molecular weight is 667 g/mol. The van der Waals surface area contributed by atoms with E-state index in [-0.39, 0.29) is 31.4 Å². The molecular formula is C32H42O15. The Labute approximate surface area is 270 Å². The van der Waals surface area contributed by atoms with Gasteiger partial charge in [-0.15, -0.1) is 0 Å². The number of aliphatic hydroxyl groups excluding tert-OH is 2. The maximum Gasteiger partial charge on any atom is 0.335 e. The molecule has 1 spiro atoms. The second-order valence-electron chi connectivity index (χ2n) is 15.3. The van der Waals surface area contributed by atoms with Crippen molar-refractivity contribution in [1.29, 1.82) is 0 Å². The first kappa shape index (κ1) is 32.0. The third kappa shape index (κ3) is 3.23. The predicted molar refractivity (Wildman–Crippen MR) is 151 cm³/mol. The van der Waals surface area contributed by atoms with Gasteiger partial charge in [-0.1, -0.05) is 13.0 Å². The lowest BCUT2D eigenvalue weighted by Gasteiger charge is -2.64. The number of aliphatic carboxylic acids is 1. The second kappa shape index (κ2) is 9.52. The van der Waals surface area contributed by atoms with Gasteiger partial charge < -0.3 is 58.7 Å². The van der Waals surface area contributed by atoms with Crippen molar-refractivity contribution in [2.24, 2.45) is 34.0 Å². The van der Waals surface area contributed by atoms with E-state index in [1.807, 2.05) is 0 Å². The quantitative estimate of drug-likeness (QED) is 0.180. The van der Waals surface area contributed by atoms with E-state index in [0.29, 0.717) is 0 Å². The van der Waals surface area contributed by atoms with Crippen molar-refractivity contribution in [3.63, 3.8) is 0 Å². The molecule has 0 amide bonds. The summed E-state index contributed by atoms with van der Waals surface area (Å²) in [5.41, 5.74) is -10.0. The van der Waals surface area contributed by atoms with Crippen molar-refractivity contribution in [2.75, 3.05) is 20.3 Å². The lowest BCUT2D eigenvalue weighted by molar-refractivity contribution is -0.307. The number of ether oxygens (including phenoxy) is 7. The fourth-order valence-electron chi connectivity index (χ4n) is 12.0. The molecule has 5 heterocycles. The number of carbonyl (C=O) groups is 3. The zero-order valence-corrected chi connectivity index (χ0v) is 26.8. The molecule has 0 aromatic heterocycles. The van der Waals surface area contributed by atoms with Crippen LogP contribution in [0.3, 0.4) is 0 Å². The van der Waals surface area contributed by atoms with E-state index in [1.54, 1.807) is 20.8 Å². The van der Waals surface area contributed by atoms with Crippen LogP contribution in [0.1, 0.15) is 47.0 Å². The molecule has 5 aliphatic heterocycles. The number of esters is 2. The van der Waals surface area contributed by atoms with Gasteiger partial charge in [-0.2, -0.15) is 0 Å². The highest BCUT2D eigenvalue weighted by atomic mass is 16.8. The highest BCUT2D eigenvalue weighted by molar-refractivity contribution is 5.88. The Morgan fingerprint density at radius 1 is 1.00 bits per heavy atom. The fourth-order valence-corrected chi connectivity index (χ4v) is 12.0. The number of aliphatic hydroxyl groups is 4. The topological polar surface area (TPSA) is 217 Å². The molecule has 15 heteroatoms. The van der Waals surface area contributed by atoms with E-state index in [0.717, 1.165) is 0 Å². The summed E-state index contributed by atoms with van der Waals surface area (Å²) in [7, 11) is 1.19. The predicted octanol–water partition coefficient (Wildman–Crippen LogP) is -0.987. The molecule has 8 rings (SSSR count). The average Bonchev–Trinajstić information content (AvgIpc) is 3.78. The summed E-state index contributed by atoms with van der Waals surface area (Å²) >= 11 is 0. The molecule has 8 fully saturated rings. The number of rotatable bonds is 4. The van der Waals surface area contributed by atoms with E-state index in [9.17, 15) is 39.9 Å². The molecule has 17 atom stereocenters. The summed E-state index contributed by atoms with van der Waals surface area (Å²) in [6.07, 6.45) is -8.71. The first-order chi connectivity index (χ1) is 22.0. The third-order valence-electron chi connectivity index (χ3n) is 14.0. The van der Waals surface area contributed by atoms with E-state index in [1.165, 1.54) is 20.1 Å². The van der Waals surface area contributed by atoms with Crippen LogP contribution in [0.15, 0.2) is 11.6 Å². The normalized spacial score (nSPS) is 58.2. The standard InChI is InChI=1S/C32H42O15/c1-6-12(2)23(35)44-15-8-14(33)29-10-43-19(24(36)41-5)20(29)27(3)22(18-21(29)30(15,11-42-18)25(37)38)47-28(4)13-7-16(32(27,28)40)45-26-31(13,39)9-17(34)46-26/h6,13-22,26,33-34,39-40H,7-11H2,1-5H3,(H,37,38)/b12-6+/t13?,14-,15+,16-,17-,18+,19-,20-,21+,22+,26-,27-,28+,29+,30-,31?,32-/m0/s1. The van der Waals surface area contributed by atoms with Gasteiger partial charge in [0.25, 0.3) is 0 Å². The minimum atomic E-state index is -1.98. The zero-order chi connectivity index (χ0) is 33.9. The SMILES string of the molecule is C/C=C(\C)C(=O)O[C@@H]1C[C@H](O)[C@]23CO[C@H](C(=O)OC)[C@H]2[C@@]2(C)[C@H](O[C@]4(C)C5C[C@H](O[C@H]6O[C@H](O)CC56O)[C@]24O)[C@@H]2OC[C@@]1(C(=O)O)[C@H]23. The maximum atomic E-state index is 13.6. The molecule has 2 bridgehead atoms. The van der Waals surface area contributed by atoms with Gasteiger partial charge in [0.15, 0.2) is 18.7 Å². The number of hydrogen-bond donors (Lipinski definition) is 5. The highest BCUT2D eigenvalue weighted by Gasteiger charge is 2.92. The van der Waals surface area contributed by atoms with Crippen LogP contribution in [0.5, 0.6) is 0 Å². The lowest BCUT2D eigenvalue weighted by Crippen LogP contribution is -2.77. The molecule has 2 unspecified atom stereocenters. The Bertz CT molecular complexity index is 1470. The van der Waals surface area contributed by atoms with Gasteiger partial charge in [0.2, 0.25) is 0 Å². The van der Waals surface area contributed by atoms with Gasteiger partial charge >= 0.3 is 17.9 Å². The van der Waals surface area contributed by atoms with Crippen LogP contribution in [0.4, 0.5) is 0 Å². The Kier molecular flexibility index (Phi) is 6.48. The van der Waals surface area contributed by atoms with Crippen LogP contribution < -0.4 is 0 Å². The number of hydrogen-bond acceptors (Lipinski definition) is 14. The molecule has 0 aromatic carbocycles. The van der Waals surface area contributed by atoms with Gasteiger partial charge in [-0.3, -0.25) is 4.79 Å². The minimum Gasteiger partial charge on any atom is -0.481 e. The first-order valence-corrected chi connectivity index (χ1v) is 16.2. The molecular weight excluding hydrogens is 624 g/mol. The molecule has 260 valence electrons. The third-order valence-corrected chi connectivity index (χ3v) is 14.0. The first-order valence-electron chi connectivity index (χ1n) is 16.2. The van der Waals surface area contributed by atoms with Crippen molar-refractivity contribution in [3.8, 4) is 0 Å². The maximum absolute atomic E-state index is 13.6. The molecule has 0 radical (unpaired) electrons. The van der Waals surface area contributed by atoms with Crippen LogP contribution in [0, 0.1) is 34.0 Å². The largest absolute Gasteiger partial charge is 0.481 e. The highest BCUT2D eigenvalue weighted by Crippen LogP contribution is 2.79. The number of methoxy groups -OCH3 is 1. The van der Waals surface area contributed by atoms with E-state index >= 15 is 0 Å². The Hall–Kier alpha value is -2.21. The van der Waals surface area contributed by atoms with Crippen LogP contribution >= 0.6 is 0 Å². The zero-order valence-electron chi connectivity index (χ0n) is 26.8. The summed E-state index contributed by atoms with van der Waals surface area (Å²) in [5.74, 6) is -5.89. The lowest BCUT2D eigenvalue weighted by atomic mass is 9.38.